The lowest BCUT2D eigenvalue weighted by Gasteiger charge is -2.08. The number of benzene rings is 1. The predicted molar refractivity (Wildman–Crippen MR) is 70.8 cm³/mol. The minimum Gasteiger partial charge on any atom is -0.456 e. The number of nitrogens with zero attached hydrogens (tertiary/aromatic N) is 1. The molecule has 0 fully saturated rings. The van der Waals surface area contributed by atoms with Gasteiger partial charge in [0.25, 0.3) is 0 Å². The van der Waals surface area contributed by atoms with E-state index in [-0.39, 0.29) is 0 Å². The van der Waals surface area contributed by atoms with E-state index in [1.54, 1.807) is 19.2 Å². The number of aliphatic hydroxyl groups is 1. The lowest BCUT2D eigenvalue weighted by molar-refractivity contribution is 0.194. The molecule has 0 aliphatic rings. The molecule has 18 heavy (non-hydrogen) atoms. The van der Waals surface area contributed by atoms with Gasteiger partial charge < -0.3 is 9.84 Å². The van der Waals surface area contributed by atoms with Crippen molar-refractivity contribution in [3.05, 3.63) is 53.9 Å². The Morgan fingerprint density at radius 3 is 2.67 bits per heavy atom. The smallest absolute Gasteiger partial charge is 0.145 e. The number of aliphatic hydroxyl groups excluding tert-OH is 1. The second kappa shape index (κ2) is 5.65. The number of aryl methyl sites for hydroxylation is 1. The maximum Gasteiger partial charge on any atom is 0.145 e. The van der Waals surface area contributed by atoms with Crippen LogP contribution in [0.15, 0.2) is 42.6 Å². The average Bonchev–Trinajstić information content (AvgIpc) is 2.39. The van der Waals surface area contributed by atoms with Gasteiger partial charge in [-0.3, -0.25) is 4.98 Å². The molecule has 2 aromatic rings. The monoisotopic (exact) mass is 243 g/mol. The minimum absolute atomic E-state index is 0.553. The summed E-state index contributed by atoms with van der Waals surface area (Å²) < 4.78 is 5.71. The van der Waals surface area contributed by atoms with Gasteiger partial charge in [0, 0.05) is 0 Å². The van der Waals surface area contributed by atoms with Crippen molar-refractivity contribution in [2.45, 2.75) is 26.4 Å². The molecule has 1 atom stereocenters. The Morgan fingerprint density at radius 1 is 1.22 bits per heavy atom. The highest BCUT2D eigenvalue weighted by molar-refractivity contribution is 5.33. The summed E-state index contributed by atoms with van der Waals surface area (Å²) in [5.74, 6) is 1.48. The number of hydrogen-bond donors (Lipinski definition) is 1. The maximum atomic E-state index is 9.37. The van der Waals surface area contributed by atoms with Crippen LogP contribution >= 0.6 is 0 Å². The molecular formula is C15H17NO2. The Bertz CT molecular complexity index is 506. The van der Waals surface area contributed by atoms with Gasteiger partial charge in [0.2, 0.25) is 0 Å². The molecule has 1 unspecified atom stereocenters. The van der Waals surface area contributed by atoms with Gasteiger partial charge >= 0.3 is 0 Å². The Morgan fingerprint density at radius 2 is 2.06 bits per heavy atom. The normalized spacial score (nSPS) is 12.2. The first kappa shape index (κ1) is 12.6. The lowest BCUT2D eigenvalue weighted by Crippen LogP contribution is -1.95. The molecule has 2 rings (SSSR count). The lowest BCUT2D eigenvalue weighted by atomic mass is 10.2. The number of rotatable bonds is 4. The van der Waals surface area contributed by atoms with Crippen molar-refractivity contribution < 1.29 is 9.84 Å². The van der Waals surface area contributed by atoms with Crippen LogP contribution in [-0.2, 0) is 6.42 Å². The predicted octanol–water partition coefficient (Wildman–Crippen LogP) is 3.49. The van der Waals surface area contributed by atoms with Gasteiger partial charge in [-0.2, -0.15) is 0 Å². The number of hydrogen-bond acceptors (Lipinski definition) is 3. The zero-order chi connectivity index (χ0) is 13.0. The fraction of sp³-hybridized carbons (Fsp3) is 0.267. The van der Waals surface area contributed by atoms with E-state index in [4.69, 9.17) is 4.74 Å². The Balaban J connectivity index is 2.13. The van der Waals surface area contributed by atoms with Gasteiger partial charge in [-0.05, 0) is 43.2 Å². The van der Waals surface area contributed by atoms with Gasteiger partial charge in [0.15, 0.2) is 0 Å². The molecule has 0 spiro atoms. The largest absolute Gasteiger partial charge is 0.456 e. The highest BCUT2D eigenvalue weighted by Gasteiger charge is 2.03. The van der Waals surface area contributed by atoms with Gasteiger partial charge in [0.1, 0.15) is 11.5 Å². The third kappa shape index (κ3) is 3.08. The van der Waals surface area contributed by atoms with Gasteiger partial charge in [-0.1, -0.05) is 19.1 Å². The molecule has 1 aromatic heterocycles. The van der Waals surface area contributed by atoms with Crippen LogP contribution in [-0.4, -0.2) is 10.1 Å². The summed E-state index contributed by atoms with van der Waals surface area (Å²) in [5, 5.41) is 9.37. The van der Waals surface area contributed by atoms with Gasteiger partial charge in [-0.25, -0.2) is 0 Å². The summed E-state index contributed by atoms with van der Waals surface area (Å²) in [6.45, 7) is 3.80. The molecule has 0 saturated carbocycles. The van der Waals surface area contributed by atoms with Crippen molar-refractivity contribution in [1.82, 2.24) is 4.98 Å². The quantitative estimate of drug-likeness (QED) is 0.893. The summed E-state index contributed by atoms with van der Waals surface area (Å²) in [7, 11) is 0. The second-order valence-electron chi connectivity index (χ2n) is 4.20. The van der Waals surface area contributed by atoms with Crippen LogP contribution in [0.25, 0.3) is 0 Å². The van der Waals surface area contributed by atoms with E-state index < -0.39 is 6.10 Å². The summed E-state index contributed by atoms with van der Waals surface area (Å²) in [5.41, 5.74) is 1.88. The summed E-state index contributed by atoms with van der Waals surface area (Å²) in [4.78, 5) is 4.14. The van der Waals surface area contributed by atoms with E-state index >= 15 is 0 Å². The van der Waals surface area contributed by atoms with Crippen LogP contribution in [0.3, 0.4) is 0 Å². The van der Waals surface area contributed by atoms with E-state index in [0.717, 1.165) is 12.2 Å². The van der Waals surface area contributed by atoms with Crippen molar-refractivity contribution in [2.24, 2.45) is 0 Å². The zero-order valence-electron chi connectivity index (χ0n) is 10.6. The topological polar surface area (TPSA) is 42.4 Å². The summed E-state index contributed by atoms with van der Waals surface area (Å²) in [6, 6.07) is 11.6. The molecule has 1 aromatic carbocycles. The van der Waals surface area contributed by atoms with E-state index in [0.29, 0.717) is 11.4 Å². The van der Waals surface area contributed by atoms with Crippen molar-refractivity contribution in [3.8, 4) is 11.5 Å². The van der Waals surface area contributed by atoms with Crippen LogP contribution < -0.4 is 4.74 Å². The molecule has 1 heterocycles. The first-order valence-electron chi connectivity index (χ1n) is 6.10. The highest BCUT2D eigenvalue weighted by atomic mass is 16.5. The first-order valence-corrected chi connectivity index (χ1v) is 6.10. The standard InChI is InChI=1S/C15H17NO2/c1-3-12-5-4-6-13(9-12)18-14-7-8-15(11(2)17)16-10-14/h4-11,17H,3H2,1-2H3. The molecule has 3 heteroatoms. The average molecular weight is 243 g/mol. The van der Waals surface area contributed by atoms with Crippen molar-refractivity contribution in [3.63, 3.8) is 0 Å². The van der Waals surface area contributed by atoms with Crippen LogP contribution in [0.4, 0.5) is 0 Å². The van der Waals surface area contributed by atoms with Crippen molar-refractivity contribution >= 4 is 0 Å². The number of ether oxygens (including phenoxy) is 1. The third-order valence-corrected chi connectivity index (χ3v) is 2.73. The Hall–Kier alpha value is -1.87. The Labute approximate surface area is 107 Å². The molecular weight excluding hydrogens is 226 g/mol. The fourth-order valence-electron chi connectivity index (χ4n) is 1.66. The molecule has 0 saturated heterocycles. The molecule has 0 aliphatic heterocycles. The molecule has 1 N–H and O–H groups in total. The number of pyridine rings is 1. The molecule has 94 valence electrons. The van der Waals surface area contributed by atoms with Crippen molar-refractivity contribution in [1.29, 1.82) is 0 Å². The van der Waals surface area contributed by atoms with Gasteiger partial charge in [0.05, 0.1) is 18.0 Å². The second-order valence-corrected chi connectivity index (χ2v) is 4.20. The molecule has 0 amide bonds. The van der Waals surface area contributed by atoms with Gasteiger partial charge in [-0.15, -0.1) is 0 Å². The summed E-state index contributed by atoms with van der Waals surface area (Å²) >= 11 is 0. The van der Waals surface area contributed by atoms with Crippen LogP contribution in [0.1, 0.15) is 31.2 Å². The van der Waals surface area contributed by atoms with Crippen LogP contribution in [0.5, 0.6) is 11.5 Å². The van der Waals surface area contributed by atoms with E-state index in [1.165, 1.54) is 5.56 Å². The van der Waals surface area contributed by atoms with Crippen LogP contribution in [0.2, 0.25) is 0 Å². The Kier molecular flexibility index (Phi) is 3.95. The highest BCUT2D eigenvalue weighted by Crippen LogP contribution is 2.22. The SMILES string of the molecule is CCc1cccc(Oc2ccc(C(C)O)nc2)c1. The zero-order valence-corrected chi connectivity index (χ0v) is 10.6. The third-order valence-electron chi connectivity index (χ3n) is 2.73. The molecule has 0 bridgehead atoms. The van der Waals surface area contributed by atoms with Crippen molar-refractivity contribution in [2.75, 3.05) is 0 Å². The molecule has 3 nitrogen and oxygen atoms in total. The van der Waals surface area contributed by atoms with E-state index in [9.17, 15) is 5.11 Å². The first-order chi connectivity index (χ1) is 8.69. The molecule has 0 aliphatic carbocycles. The minimum atomic E-state index is -0.553. The van der Waals surface area contributed by atoms with E-state index in [2.05, 4.69) is 18.0 Å². The molecule has 0 radical (unpaired) electrons. The van der Waals surface area contributed by atoms with E-state index in [1.807, 2.05) is 24.3 Å². The number of aromatic nitrogens is 1. The van der Waals surface area contributed by atoms with Crippen LogP contribution in [0, 0.1) is 0 Å². The maximum absolute atomic E-state index is 9.37. The fourth-order valence-corrected chi connectivity index (χ4v) is 1.66. The summed E-state index contributed by atoms with van der Waals surface area (Å²) in [6.07, 6.45) is 2.05.